The second kappa shape index (κ2) is 5.65. The first-order chi connectivity index (χ1) is 8.18. The second-order valence-electron chi connectivity index (χ2n) is 4.19. The van der Waals surface area contributed by atoms with Gasteiger partial charge in [-0.2, -0.15) is 0 Å². The van der Waals surface area contributed by atoms with E-state index in [4.69, 9.17) is 4.74 Å². The number of carbonyl (C=O) groups is 1. The smallest absolute Gasteiger partial charge is 0.253 e. The number of hydrogen-bond donors (Lipinski definition) is 1. The van der Waals surface area contributed by atoms with Gasteiger partial charge in [-0.3, -0.25) is 4.79 Å². The molecule has 2 atom stereocenters. The topological polar surface area (TPSA) is 38.3 Å². The maximum Gasteiger partial charge on any atom is 0.253 e. The van der Waals surface area contributed by atoms with E-state index in [2.05, 4.69) is 21.2 Å². The van der Waals surface area contributed by atoms with Crippen LogP contribution < -0.4 is 5.32 Å². The Hall–Kier alpha value is -0.870. The van der Waals surface area contributed by atoms with Crippen LogP contribution in [0.3, 0.4) is 0 Å². The van der Waals surface area contributed by atoms with E-state index in [1.807, 2.05) is 31.2 Å². The van der Waals surface area contributed by atoms with E-state index in [1.54, 1.807) is 0 Å². The summed E-state index contributed by atoms with van der Waals surface area (Å²) in [5.74, 6) is -0.0388. The lowest BCUT2D eigenvalue weighted by atomic mass is 10.1. The van der Waals surface area contributed by atoms with Crippen LogP contribution in [0.2, 0.25) is 0 Å². The minimum Gasteiger partial charge on any atom is -0.368 e. The van der Waals surface area contributed by atoms with E-state index in [1.165, 1.54) is 0 Å². The summed E-state index contributed by atoms with van der Waals surface area (Å²) >= 11 is 3.52. The van der Waals surface area contributed by atoms with Gasteiger partial charge in [-0.25, -0.2) is 0 Å². The number of alkyl halides is 1. The molecule has 17 heavy (non-hydrogen) atoms. The van der Waals surface area contributed by atoms with E-state index >= 15 is 0 Å². The second-order valence-corrected chi connectivity index (χ2v) is 5.57. The van der Waals surface area contributed by atoms with E-state index in [-0.39, 0.29) is 16.8 Å². The highest BCUT2D eigenvalue weighted by molar-refractivity contribution is 9.09. The number of ether oxygens (including phenoxy) is 1. The Labute approximate surface area is 110 Å². The number of anilines is 1. The standard InChI is InChI=1S/C13H16BrNO2/c1-9(14)10-5-2-3-6-11(10)15-13(16)12-7-4-8-17-12/h2-3,5-6,9,12H,4,7-8H2,1H3,(H,15,16). The summed E-state index contributed by atoms with van der Waals surface area (Å²) in [6.45, 7) is 2.73. The summed E-state index contributed by atoms with van der Waals surface area (Å²) in [5, 5.41) is 2.94. The van der Waals surface area contributed by atoms with Crippen LogP contribution in [-0.2, 0) is 9.53 Å². The van der Waals surface area contributed by atoms with Gasteiger partial charge in [-0.05, 0) is 31.4 Å². The lowest BCUT2D eigenvalue weighted by Crippen LogP contribution is -2.27. The predicted octanol–water partition coefficient (Wildman–Crippen LogP) is 3.26. The van der Waals surface area contributed by atoms with Gasteiger partial charge < -0.3 is 10.1 Å². The maximum atomic E-state index is 11.9. The van der Waals surface area contributed by atoms with Crippen molar-refractivity contribution in [1.82, 2.24) is 0 Å². The molecule has 92 valence electrons. The molecule has 2 unspecified atom stereocenters. The van der Waals surface area contributed by atoms with Crippen molar-refractivity contribution in [3.8, 4) is 0 Å². The van der Waals surface area contributed by atoms with Crippen molar-refractivity contribution >= 4 is 27.5 Å². The molecule has 1 amide bonds. The Morgan fingerprint density at radius 3 is 2.94 bits per heavy atom. The van der Waals surface area contributed by atoms with Gasteiger partial charge in [0.15, 0.2) is 0 Å². The average Bonchev–Trinajstić information content (AvgIpc) is 2.83. The maximum absolute atomic E-state index is 11.9. The monoisotopic (exact) mass is 297 g/mol. The molecule has 1 saturated heterocycles. The molecule has 0 spiro atoms. The van der Waals surface area contributed by atoms with Crippen LogP contribution in [0, 0.1) is 0 Å². The van der Waals surface area contributed by atoms with Crippen LogP contribution in [0.25, 0.3) is 0 Å². The van der Waals surface area contributed by atoms with Crippen LogP contribution in [-0.4, -0.2) is 18.6 Å². The summed E-state index contributed by atoms with van der Waals surface area (Å²) in [5.41, 5.74) is 1.94. The number of halogens is 1. The van der Waals surface area contributed by atoms with Crippen LogP contribution in [0.15, 0.2) is 24.3 Å². The number of amides is 1. The number of para-hydroxylation sites is 1. The fourth-order valence-electron chi connectivity index (χ4n) is 1.96. The number of hydrogen-bond acceptors (Lipinski definition) is 2. The fourth-order valence-corrected chi connectivity index (χ4v) is 2.35. The zero-order chi connectivity index (χ0) is 12.3. The number of nitrogens with one attached hydrogen (secondary N) is 1. The Bertz CT molecular complexity index is 400. The molecule has 1 fully saturated rings. The summed E-state index contributed by atoms with van der Waals surface area (Å²) in [6.07, 6.45) is 1.50. The molecule has 4 heteroatoms. The molecule has 1 aromatic rings. The zero-order valence-corrected chi connectivity index (χ0v) is 11.4. The van der Waals surface area contributed by atoms with Gasteiger partial charge in [0.05, 0.1) is 0 Å². The molecule has 1 aliphatic heterocycles. The molecule has 1 heterocycles. The molecular weight excluding hydrogens is 282 g/mol. The molecule has 1 aliphatic rings. The molecule has 0 radical (unpaired) electrons. The molecule has 0 aromatic heterocycles. The Balaban J connectivity index is 2.09. The van der Waals surface area contributed by atoms with Crippen LogP contribution >= 0.6 is 15.9 Å². The molecule has 0 aliphatic carbocycles. The van der Waals surface area contributed by atoms with Gasteiger partial charge in [-0.1, -0.05) is 34.1 Å². The predicted molar refractivity (Wildman–Crippen MR) is 71.4 cm³/mol. The summed E-state index contributed by atoms with van der Waals surface area (Å²) in [6, 6.07) is 7.81. The summed E-state index contributed by atoms with van der Waals surface area (Å²) in [7, 11) is 0. The highest BCUT2D eigenvalue weighted by atomic mass is 79.9. The Morgan fingerprint density at radius 2 is 2.29 bits per heavy atom. The van der Waals surface area contributed by atoms with E-state index in [9.17, 15) is 4.79 Å². The van der Waals surface area contributed by atoms with Crippen molar-refractivity contribution < 1.29 is 9.53 Å². The summed E-state index contributed by atoms with van der Waals surface area (Å²) < 4.78 is 5.36. The van der Waals surface area contributed by atoms with Gasteiger partial charge >= 0.3 is 0 Å². The minimum absolute atomic E-state index is 0.0388. The Kier molecular flexibility index (Phi) is 4.18. The first kappa shape index (κ1) is 12.6. The van der Waals surface area contributed by atoms with Crippen LogP contribution in [0.5, 0.6) is 0 Å². The molecule has 3 nitrogen and oxygen atoms in total. The van der Waals surface area contributed by atoms with Crippen LogP contribution in [0.4, 0.5) is 5.69 Å². The Morgan fingerprint density at radius 1 is 1.53 bits per heavy atom. The first-order valence-electron chi connectivity index (χ1n) is 5.84. The molecule has 0 bridgehead atoms. The summed E-state index contributed by atoms with van der Waals surface area (Å²) in [4.78, 5) is 12.1. The molecule has 1 aromatic carbocycles. The third-order valence-corrected chi connectivity index (χ3v) is 3.36. The van der Waals surface area contributed by atoms with E-state index in [0.717, 1.165) is 24.1 Å². The number of benzene rings is 1. The number of rotatable bonds is 3. The minimum atomic E-state index is -0.284. The lowest BCUT2D eigenvalue weighted by molar-refractivity contribution is -0.124. The molecule has 2 rings (SSSR count). The quantitative estimate of drug-likeness (QED) is 0.870. The third kappa shape index (κ3) is 3.07. The van der Waals surface area contributed by atoms with Crippen molar-refractivity contribution in [3.63, 3.8) is 0 Å². The van der Waals surface area contributed by atoms with Crippen LogP contribution in [0.1, 0.15) is 30.2 Å². The van der Waals surface area contributed by atoms with Gasteiger partial charge in [-0.15, -0.1) is 0 Å². The molecular formula is C13H16BrNO2. The van der Waals surface area contributed by atoms with E-state index < -0.39 is 0 Å². The van der Waals surface area contributed by atoms with Crippen molar-refractivity contribution in [3.05, 3.63) is 29.8 Å². The molecule has 0 saturated carbocycles. The van der Waals surface area contributed by atoms with Crippen molar-refractivity contribution in [2.45, 2.75) is 30.7 Å². The first-order valence-corrected chi connectivity index (χ1v) is 6.75. The zero-order valence-electron chi connectivity index (χ0n) is 9.78. The SMILES string of the molecule is CC(Br)c1ccccc1NC(=O)C1CCCO1. The lowest BCUT2D eigenvalue weighted by Gasteiger charge is -2.15. The largest absolute Gasteiger partial charge is 0.368 e. The third-order valence-electron chi connectivity index (χ3n) is 2.87. The fraction of sp³-hybridized carbons (Fsp3) is 0.462. The van der Waals surface area contributed by atoms with Gasteiger partial charge in [0, 0.05) is 17.1 Å². The van der Waals surface area contributed by atoms with Gasteiger partial charge in [0.1, 0.15) is 6.10 Å². The van der Waals surface area contributed by atoms with Crippen molar-refractivity contribution in [2.24, 2.45) is 0 Å². The van der Waals surface area contributed by atoms with Gasteiger partial charge in [0.2, 0.25) is 0 Å². The van der Waals surface area contributed by atoms with E-state index in [0.29, 0.717) is 6.61 Å². The van der Waals surface area contributed by atoms with Crippen molar-refractivity contribution in [2.75, 3.05) is 11.9 Å². The average molecular weight is 298 g/mol. The normalized spacial score (nSPS) is 21.2. The highest BCUT2D eigenvalue weighted by Crippen LogP contribution is 2.29. The number of carbonyl (C=O) groups excluding carboxylic acids is 1. The highest BCUT2D eigenvalue weighted by Gasteiger charge is 2.24. The van der Waals surface area contributed by atoms with Gasteiger partial charge in [0.25, 0.3) is 5.91 Å². The van der Waals surface area contributed by atoms with Crippen molar-refractivity contribution in [1.29, 1.82) is 0 Å². The molecule has 1 N–H and O–H groups in total.